The topological polar surface area (TPSA) is 53.2 Å². The van der Waals surface area contributed by atoms with Gasteiger partial charge in [0.15, 0.2) is 5.11 Å². The van der Waals surface area contributed by atoms with Crippen LogP contribution in [0.3, 0.4) is 0 Å². The molecule has 4 nitrogen and oxygen atoms in total. The van der Waals surface area contributed by atoms with E-state index >= 15 is 0 Å². The van der Waals surface area contributed by atoms with Crippen LogP contribution in [-0.4, -0.2) is 24.1 Å². The second-order valence-electron chi connectivity index (χ2n) is 4.09. The molecule has 5 heteroatoms. The molecule has 1 amide bonds. The molecule has 0 unspecified atom stereocenters. The van der Waals surface area contributed by atoms with Gasteiger partial charge in [0.2, 0.25) is 5.91 Å². The molecular weight excluding hydrogens is 246 g/mol. The van der Waals surface area contributed by atoms with Crippen molar-refractivity contribution in [1.82, 2.24) is 10.6 Å². The van der Waals surface area contributed by atoms with Gasteiger partial charge in [0.1, 0.15) is 0 Å². The first-order valence-corrected chi connectivity index (χ1v) is 6.34. The van der Waals surface area contributed by atoms with Crippen LogP contribution in [0.4, 0.5) is 5.69 Å². The number of anilines is 1. The minimum atomic E-state index is -0.00420. The summed E-state index contributed by atoms with van der Waals surface area (Å²) in [5.74, 6) is -0.00420. The van der Waals surface area contributed by atoms with Crippen LogP contribution in [-0.2, 0) is 4.79 Å². The number of hydrogen-bond donors (Lipinski definition) is 3. The van der Waals surface area contributed by atoms with Gasteiger partial charge in [-0.3, -0.25) is 4.79 Å². The molecule has 0 radical (unpaired) electrons. The number of carbonyl (C=O) groups excluding carboxylic acids is 1. The molecule has 0 aliphatic rings. The lowest BCUT2D eigenvalue weighted by atomic mass is 10.2. The van der Waals surface area contributed by atoms with Crippen molar-refractivity contribution < 1.29 is 4.79 Å². The first-order chi connectivity index (χ1) is 8.58. The standard InChI is InChI=1S/C13H19N3OS/c1-10-5-3-6-12(9-10)16-13(18)15-8-4-7-14-11(2)17/h3,5-6,9H,4,7-8H2,1-2H3,(H,14,17)(H2,15,16,18). The number of hydrogen-bond acceptors (Lipinski definition) is 2. The van der Waals surface area contributed by atoms with Gasteiger partial charge in [-0.1, -0.05) is 12.1 Å². The van der Waals surface area contributed by atoms with E-state index in [1.807, 2.05) is 31.2 Å². The minimum Gasteiger partial charge on any atom is -0.362 e. The molecular formula is C13H19N3OS. The van der Waals surface area contributed by atoms with Gasteiger partial charge in [-0.2, -0.15) is 0 Å². The summed E-state index contributed by atoms with van der Waals surface area (Å²) in [5.41, 5.74) is 2.17. The zero-order chi connectivity index (χ0) is 13.4. The summed E-state index contributed by atoms with van der Waals surface area (Å²) in [5, 5.41) is 9.54. The van der Waals surface area contributed by atoms with Crippen molar-refractivity contribution in [3.05, 3.63) is 29.8 Å². The quantitative estimate of drug-likeness (QED) is 0.561. The molecule has 0 aromatic heterocycles. The Kier molecular flexibility index (Phi) is 6.14. The van der Waals surface area contributed by atoms with Crippen molar-refractivity contribution in [2.24, 2.45) is 0 Å². The maximum atomic E-state index is 10.6. The van der Waals surface area contributed by atoms with Crippen LogP contribution >= 0.6 is 12.2 Å². The van der Waals surface area contributed by atoms with Gasteiger partial charge in [0.05, 0.1) is 0 Å². The van der Waals surface area contributed by atoms with E-state index in [-0.39, 0.29) is 5.91 Å². The first kappa shape index (κ1) is 14.4. The zero-order valence-corrected chi connectivity index (χ0v) is 11.6. The summed E-state index contributed by atoms with van der Waals surface area (Å²) in [6.07, 6.45) is 0.842. The van der Waals surface area contributed by atoms with E-state index in [0.717, 1.165) is 18.7 Å². The Morgan fingerprint density at radius 1 is 1.28 bits per heavy atom. The minimum absolute atomic E-state index is 0.00420. The third-order valence-electron chi connectivity index (χ3n) is 2.29. The lowest BCUT2D eigenvalue weighted by molar-refractivity contribution is -0.118. The number of aryl methyl sites for hydroxylation is 1. The molecule has 3 N–H and O–H groups in total. The van der Waals surface area contributed by atoms with E-state index in [9.17, 15) is 4.79 Å². The number of carbonyl (C=O) groups is 1. The van der Waals surface area contributed by atoms with Gasteiger partial charge in [0, 0.05) is 25.7 Å². The van der Waals surface area contributed by atoms with Crippen LogP contribution in [0, 0.1) is 6.92 Å². The highest BCUT2D eigenvalue weighted by Crippen LogP contribution is 2.08. The fourth-order valence-electron chi connectivity index (χ4n) is 1.45. The van der Waals surface area contributed by atoms with Crippen LogP contribution in [0.2, 0.25) is 0 Å². The van der Waals surface area contributed by atoms with Crippen molar-refractivity contribution in [2.75, 3.05) is 18.4 Å². The fourth-order valence-corrected chi connectivity index (χ4v) is 1.67. The van der Waals surface area contributed by atoms with Crippen molar-refractivity contribution >= 4 is 28.9 Å². The highest BCUT2D eigenvalue weighted by atomic mass is 32.1. The second kappa shape index (κ2) is 7.66. The van der Waals surface area contributed by atoms with Gasteiger partial charge < -0.3 is 16.0 Å². The molecule has 0 aliphatic carbocycles. The third-order valence-corrected chi connectivity index (χ3v) is 2.54. The van der Waals surface area contributed by atoms with Crippen LogP contribution in [0.25, 0.3) is 0 Å². The van der Waals surface area contributed by atoms with Gasteiger partial charge in [-0.05, 0) is 43.3 Å². The summed E-state index contributed by atoms with van der Waals surface area (Å²) in [6.45, 7) is 4.94. The number of amides is 1. The molecule has 0 heterocycles. The molecule has 0 spiro atoms. The van der Waals surface area contributed by atoms with Crippen molar-refractivity contribution in [3.63, 3.8) is 0 Å². The summed E-state index contributed by atoms with van der Waals surface area (Å²) in [4.78, 5) is 10.6. The average molecular weight is 265 g/mol. The first-order valence-electron chi connectivity index (χ1n) is 5.94. The SMILES string of the molecule is CC(=O)NCCCNC(=S)Nc1cccc(C)c1. The summed E-state index contributed by atoms with van der Waals surface area (Å²) < 4.78 is 0. The molecule has 18 heavy (non-hydrogen) atoms. The molecule has 0 fully saturated rings. The van der Waals surface area contributed by atoms with Crippen molar-refractivity contribution in [3.8, 4) is 0 Å². The molecule has 1 aromatic carbocycles. The van der Waals surface area contributed by atoms with E-state index in [4.69, 9.17) is 12.2 Å². The van der Waals surface area contributed by atoms with Gasteiger partial charge >= 0.3 is 0 Å². The Morgan fingerprint density at radius 2 is 2.00 bits per heavy atom. The van der Waals surface area contributed by atoms with Crippen molar-refractivity contribution in [1.29, 1.82) is 0 Å². The second-order valence-corrected chi connectivity index (χ2v) is 4.50. The molecule has 0 saturated carbocycles. The molecule has 1 rings (SSSR count). The van der Waals surface area contributed by atoms with Crippen LogP contribution in [0.15, 0.2) is 24.3 Å². The molecule has 0 bridgehead atoms. The van der Waals surface area contributed by atoms with Crippen LogP contribution in [0.1, 0.15) is 18.9 Å². The molecule has 0 atom stereocenters. The Labute approximate surface area is 113 Å². The van der Waals surface area contributed by atoms with Crippen LogP contribution in [0.5, 0.6) is 0 Å². The number of rotatable bonds is 5. The number of benzene rings is 1. The van der Waals surface area contributed by atoms with Gasteiger partial charge in [-0.25, -0.2) is 0 Å². The average Bonchev–Trinajstić information content (AvgIpc) is 2.28. The van der Waals surface area contributed by atoms with Crippen LogP contribution < -0.4 is 16.0 Å². The van der Waals surface area contributed by atoms with Gasteiger partial charge in [-0.15, -0.1) is 0 Å². The predicted octanol–water partition coefficient (Wildman–Crippen LogP) is 1.81. The van der Waals surface area contributed by atoms with E-state index in [1.54, 1.807) is 0 Å². The lowest BCUT2D eigenvalue weighted by Crippen LogP contribution is -2.31. The third kappa shape index (κ3) is 6.20. The highest BCUT2D eigenvalue weighted by molar-refractivity contribution is 7.80. The normalized spacial score (nSPS) is 9.67. The molecule has 0 saturated heterocycles. The lowest BCUT2D eigenvalue weighted by Gasteiger charge is -2.11. The van der Waals surface area contributed by atoms with E-state index in [0.29, 0.717) is 11.7 Å². The van der Waals surface area contributed by atoms with Crippen molar-refractivity contribution in [2.45, 2.75) is 20.3 Å². The monoisotopic (exact) mass is 265 g/mol. The van der Waals surface area contributed by atoms with E-state index in [1.165, 1.54) is 12.5 Å². The van der Waals surface area contributed by atoms with Gasteiger partial charge in [0.25, 0.3) is 0 Å². The Hall–Kier alpha value is -1.62. The molecule has 1 aromatic rings. The Bertz CT molecular complexity index is 420. The predicted molar refractivity (Wildman–Crippen MR) is 78.7 cm³/mol. The Morgan fingerprint density at radius 3 is 2.67 bits per heavy atom. The highest BCUT2D eigenvalue weighted by Gasteiger charge is 1.97. The Balaban J connectivity index is 2.20. The maximum Gasteiger partial charge on any atom is 0.216 e. The summed E-state index contributed by atoms with van der Waals surface area (Å²) in [6, 6.07) is 8.02. The maximum absolute atomic E-state index is 10.6. The zero-order valence-electron chi connectivity index (χ0n) is 10.7. The number of nitrogens with one attached hydrogen (secondary N) is 3. The summed E-state index contributed by atoms with van der Waals surface area (Å²) >= 11 is 5.17. The number of thiocarbonyl (C=S) groups is 1. The molecule has 0 aliphatic heterocycles. The largest absolute Gasteiger partial charge is 0.362 e. The van der Waals surface area contributed by atoms with E-state index in [2.05, 4.69) is 16.0 Å². The summed E-state index contributed by atoms with van der Waals surface area (Å²) in [7, 11) is 0. The fraction of sp³-hybridized carbons (Fsp3) is 0.385. The van der Waals surface area contributed by atoms with E-state index < -0.39 is 0 Å². The molecule has 98 valence electrons. The smallest absolute Gasteiger partial charge is 0.216 e.